The number of nitrogens with zero attached hydrogens (tertiary/aromatic N) is 1. The molecular formula is C10H8N2O5. The molecule has 0 aliphatic heterocycles. The fraction of sp³-hybridized carbons (Fsp3) is 0.100. The monoisotopic (exact) mass is 236 g/mol. The van der Waals surface area contributed by atoms with Crippen LogP contribution in [0.5, 0.6) is 5.75 Å². The fourth-order valence-corrected chi connectivity index (χ4v) is 1.63. The summed E-state index contributed by atoms with van der Waals surface area (Å²) in [6.07, 6.45) is 0. The zero-order chi connectivity index (χ0) is 12.6. The van der Waals surface area contributed by atoms with Gasteiger partial charge >= 0.3 is 11.7 Å². The van der Waals surface area contributed by atoms with Crippen molar-refractivity contribution < 1.29 is 19.6 Å². The molecule has 17 heavy (non-hydrogen) atoms. The molecule has 0 aliphatic rings. The Morgan fingerprint density at radius 2 is 2.24 bits per heavy atom. The maximum absolute atomic E-state index is 10.9. The highest BCUT2D eigenvalue weighted by atomic mass is 16.6. The summed E-state index contributed by atoms with van der Waals surface area (Å²) in [5, 5.41) is 20.0. The van der Waals surface area contributed by atoms with E-state index in [9.17, 15) is 14.9 Å². The number of carboxylic acids is 1. The van der Waals surface area contributed by atoms with Crippen molar-refractivity contribution in [3.63, 3.8) is 0 Å². The molecule has 0 saturated heterocycles. The Morgan fingerprint density at radius 1 is 1.53 bits per heavy atom. The van der Waals surface area contributed by atoms with Crippen molar-refractivity contribution in [1.29, 1.82) is 0 Å². The first kappa shape index (κ1) is 10.9. The van der Waals surface area contributed by atoms with E-state index < -0.39 is 22.3 Å². The molecular weight excluding hydrogens is 228 g/mol. The molecule has 1 aromatic carbocycles. The van der Waals surface area contributed by atoms with Gasteiger partial charge in [-0.3, -0.25) is 10.1 Å². The minimum Gasteiger partial charge on any atom is -0.497 e. The van der Waals surface area contributed by atoms with E-state index in [1.54, 1.807) is 6.07 Å². The first-order valence-electron chi connectivity index (χ1n) is 4.62. The van der Waals surface area contributed by atoms with E-state index in [2.05, 4.69) is 4.98 Å². The SMILES string of the molecule is COc1ccc2[nH]c(C(=O)O)c([N+](=O)[O-])c2c1. The molecule has 0 amide bonds. The van der Waals surface area contributed by atoms with Crippen molar-refractivity contribution in [2.75, 3.05) is 7.11 Å². The summed E-state index contributed by atoms with van der Waals surface area (Å²) >= 11 is 0. The number of H-pyrrole nitrogens is 1. The third-order valence-electron chi connectivity index (χ3n) is 2.37. The van der Waals surface area contributed by atoms with Gasteiger partial charge in [0.2, 0.25) is 5.69 Å². The number of rotatable bonds is 3. The van der Waals surface area contributed by atoms with Gasteiger partial charge in [0, 0.05) is 0 Å². The quantitative estimate of drug-likeness (QED) is 0.624. The van der Waals surface area contributed by atoms with Crippen molar-refractivity contribution in [2.24, 2.45) is 0 Å². The van der Waals surface area contributed by atoms with Gasteiger partial charge in [0.25, 0.3) is 0 Å². The number of carbonyl (C=O) groups is 1. The van der Waals surface area contributed by atoms with Crippen LogP contribution < -0.4 is 4.74 Å². The number of hydrogen-bond acceptors (Lipinski definition) is 4. The highest BCUT2D eigenvalue weighted by Gasteiger charge is 2.26. The third-order valence-corrected chi connectivity index (χ3v) is 2.37. The average Bonchev–Trinajstić information content (AvgIpc) is 2.66. The molecule has 0 saturated carbocycles. The summed E-state index contributed by atoms with van der Waals surface area (Å²) in [7, 11) is 1.43. The van der Waals surface area contributed by atoms with Crippen LogP contribution in [0.3, 0.4) is 0 Å². The van der Waals surface area contributed by atoms with Gasteiger partial charge in [-0.2, -0.15) is 0 Å². The maximum atomic E-state index is 10.9. The first-order chi connectivity index (χ1) is 8.04. The lowest BCUT2D eigenvalue weighted by Crippen LogP contribution is -2.01. The summed E-state index contributed by atoms with van der Waals surface area (Å²) in [4.78, 5) is 23.5. The second-order valence-corrected chi connectivity index (χ2v) is 3.32. The lowest BCUT2D eigenvalue weighted by atomic mass is 10.2. The van der Waals surface area contributed by atoms with Crippen LogP contribution in [-0.2, 0) is 0 Å². The van der Waals surface area contributed by atoms with Crippen molar-refractivity contribution >= 4 is 22.6 Å². The number of methoxy groups -OCH3 is 1. The summed E-state index contributed by atoms with van der Waals surface area (Å²) in [6, 6.07) is 4.55. The molecule has 0 fully saturated rings. The minimum absolute atomic E-state index is 0.215. The van der Waals surface area contributed by atoms with E-state index in [1.807, 2.05) is 0 Å². The fourth-order valence-electron chi connectivity index (χ4n) is 1.63. The topological polar surface area (TPSA) is 105 Å². The number of hydrogen-bond donors (Lipinski definition) is 2. The zero-order valence-electron chi connectivity index (χ0n) is 8.76. The molecule has 2 rings (SSSR count). The van der Waals surface area contributed by atoms with Gasteiger partial charge in [-0.25, -0.2) is 4.79 Å². The molecule has 0 unspecified atom stereocenters. The Labute approximate surface area is 94.8 Å². The number of carboxylic acid groups (broad SMARTS) is 1. The summed E-state index contributed by atoms with van der Waals surface area (Å²) in [6.45, 7) is 0. The van der Waals surface area contributed by atoms with Crippen LogP contribution >= 0.6 is 0 Å². The molecule has 2 aromatic rings. The Hall–Kier alpha value is -2.57. The minimum atomic E-state index is -1.37. The second kappa shape index (κ2) is 3.78. The highest BCUT2D eigenvalue weighted by Crippen LogP contribution is 2.32. The van der Waals surface area contributed by atoms with Crippen LogP contribution in [0.25, 0.3) is 10.9 Å². The second-order valence-electron chi connectivity index (χ2n) is 3.32. The average molecular weight is 236 g/mol. The molecule has 0 spiro atoms. The molecule has 1 aromatic heterocycles. The molecule has 1 heterocycles. The number of aromatic amines is 1. The number of nitrogens with one attached hydrogen (secondary N) is 1. The van der Waals surface area contributed by atoms with Crippen LogP contribution in [0.2, 0.25) is 0 Å². The van der Waals surface area contributed by atoms with E-state index >= 15 is 0 Å². The summed E-state index contributed by atoms with van der Waals surface area (Å²) in [5.74, 6) is -0.941. The first-order valence-corrected chi connectivity index (χ1v) is 4.62. The molecule has 7 nitrogen and oxygen atoms in total. The molecule has 88 valence electrons. The lowest BCUT2D eigenvalue weighted by molar-refractivity contribution is -0.383. The van der Waals surface area contributed by atoms with Crippen LogP contribution in [0.4, 0.5) is 5.69 Å². The van der Waals surface area contributed by atoms with Crippen LogP contribution in [0.1, 0.15) is 10.5 Å². The highest BCUT2D eigenvalue weighted by molar-refractivity contribution is 6.03. The summed E-state index contributed by atoms with van der Waals surface area (Å²) < 4.78 is 4.94. The maximum Gasteiger partial charge on any atom is 0.359 e. The Kier molecular flexibility index (Phi) is 2.43. The van der Waals surface area contributed by atoms with E-state index in [0.29, 0.717) is 11.3 Å². The van der Waals surface area contributed by atoms with E-state index in [1.165, 1.54) is 19.2 Å². The molecule has 0 atom stereocenters. The Morgan fingerprint density at radius 3 is 2.76 bits per heavy atom. The predicted molar refractivity (Wildman–Crippen MR) is 58.5 cm³/mol. The van der Waals surface area contributed by atoms with Crippen molar-refractivity contribution in [3.05, 3.63) is 34.0 Å². The molecule has 7 heteroatoms. The van der Waals surface area contributed by atoms with Gasteiger partial charge in [0.15, 0.2) is 0 Å². The van der Waals surface area contributed by atoms with E-state index in [-0.39, 0.29) is 5.39 Å². The Bertz CT molecular complexity index is 616. The van der Waals surface area contributed by atoms with Crippen molar-refractivity contribution in [3.8, 4) is 5.75 Å². The van der Waals surface area contributed by atoms with Gasteiger partial charge in [-0.15, -0.1) is 0 Å². The molecule has 2 N–H and O–H groups in total. The molecule has 0 radical (unpaired) electrons. The lowest BCUT2D eigenvalue weighted by Gasteiger charge is -1.97. The molecule has 0 bridgehead atoms. The zero-order valence-corrected chi connectivity index (χ0v) is 8.76. The van der Waals surface area contributed by atoms with Gasteiger partial charge < -0.3 is 14.8 Å². The van der Waals surface area contributed by atoms with E-state index in [0.717, 1.165) is 0 Å². The van der Waals surface area contributed by atoms with Crippen molar-refractivity contribution in [2.45, 2.75) is 0 Å². The summed E-state index contributed by atoms with van der Waals surface area (Å²) in [5.41, 5.74) is -0.500. The number of fused-ring (bicyclic) bond motifs is 1. The van der Waals surface area contributed by atoms with Crippen LogP contribution in [-0.4, -0.2) is 28.1 Å². The van der Waals surface area contributed by atoms with Gasteiger partial charge in [0.1, 0.15) is 5.75 Å². The predicted octanol–water partition coefficient (Wildman–Crippen LogP) is 1.78. The normalized spacial score (nSPS) is 10.4. The van der Waals surface area contributed by atoms with Gasteiger partial charge in [-0.05, 0) is 18.2 Å². The van der Waals surface area contributed by atoms with Crippen molar-refractivity contribution in [1.82, 2.24) is 4.98 Å². The third kappa shape index (κ3) is 1.67. The van der Waals surface area contributed by atoms with Gasteiger partial charge in [-0.1, -0.05) is 0 Å². The number of benzene rings is 1. The standard InChI is InChI=1S/C10H8N2O5/c1-17-5-2-3-7-6(4-5)9(12(15)16)8(11-7)10(13)14/h2-4,11H,1H3,(H,13,14). The number of ether oxygens (including phenoxy) is 1. The largest absolute Gasteiger partial charge is 0.497 e. The number of aromatic carboxylic acids is 1. The number of aromatic nitrogens is 1. The smallest absolute Gasteiger partial charge is 0.359 e. The molecule has 0 aliphatic carbocycles. The van der Waals surface area contributed by atoms with Crippen LogP contribution in [0.15, 0.2) is 18.2 Å². The number of nitro groups is 1. The van der Waals surface area contributed by atoms with E-state index in [4.69, 9.17) is 9.84 Å². The van der Waals surface area contributed by atoms with Gasteiger partial charge in [0.05, 0.1) is 22.9 Å². The van der Waals surface area contributed by atoms with Crippen LogP contribution in [0, 0.1) is 10.1 Å². The Balaban J connectivity index is 2.81.